The van der Waals surface area contributed by atoms with E-state index >= 15 is 0 Å². The van der Waals surface area contributed by atoms with Gasteiger partial charge in [0.05, 0.1) is 6.10 Å². The van der Waals surface area contributed by atoms with Crippen LogP contribution in [0.2, 0.25) is 0 Å². The Hall–Kier alpha value is -2.74. The lowest BCUT2D eigenvalue weighted by molar-refractivity contribution is -0.149. The van der Waals surface area contributed by atoms with Gasteiger partial charge >= 0.3 is 5.97 Å². The lowest BCUT2D eigenvalue weighted by atomic mass is 9.84. The molecule has 0 aromatic heterocycles. The largest absolute Gasteiger partial charge is 0.488 e. The number of aliphatic hydroxyl groups is 1. The highest BCUT2D eigenvalue weighted by molar-refractivity contribution is 7.79. The van der Waals surface area contributed by atoms with Gasteiger partial charge in [-0.15, -0.1) is 6.58 Å². The molecule has 4 atom stereocenters. The van der Waals surface area contributed by atoms with Gasteiger partial charge in [0.1, 0.15) is 36.6 Å². The van der Waals surface area contributed by atoms with Crippen LogP contribution in [0.4, 0.5) is 0 Å². The van der Waals surface area contributed by atoms with Gasteiger partial charge in [-0.1, -0.05) is 76.6 Å². The summed E-state index contributed by atoms with van der Waals surface area (Å²) in [7, 11) is 0. The molecule has 6 nitrogen and oxygen atoms in total. The summed E-state index contributed by atoms with van der Waals surface area (Å²) in [4.78, 5) is 12.0. The number of benzene rings is 1. The van der Waals surface area contributed by atoms with Crippen LogP contribution in [0.25, 0.3) is 0 Å². The Balaban J connectivity index is 0.00000298. The maximum Gasteiger partial charge on any atom is 0.333 e. The molecule has 0 radical (unpaired) electrons. The van der Waals surface area contributed by atoms with Crippen molar-refractivity contribution in [1.82, 2.24) is 0 Å². The Bertz CT molecular complexity index is 1080. The summed E-state index contributed by atoms with van der Waals surface area (Å²) in [5, 5.41) is 9.22. The molecule has 0 saturated heterocycles. The number of allylic oxidation sites excluding steroid dienone is 6. The SMILES string of the molecule is C=C(C)C.C=C(C)C(=O)OC(CC)C(CC)Oc1ccc(C(C)(C)C=C/C=C(\C=C/C)OC2CCCCC2OCO)cc1.CS. The molecule has 2 rings (SSSR count). The number of carbonyl (C=O) groups excluding carboxylic acids is 1. The number of aliphatic hydroxyl groups excluding tert-OH is 1. The Morgan fingerprint density at radius 2 is 1.58 bits per heavy atom. The second kappa shape index (κ2) is 23.6. The molecule has 0 heterocycles. The summed E-state index contributed by atoms with van der Waals surface area (Å²) in [6, 6.07) is 8.07. The molecule has 7 heteroatoms. The van der Waals surface area contributed by atoms with Gasteiger partial charge in [-0.2, -0.15) is 12.6 Å². The average Bonchev–Trinajstić information content (AvgIpc) is 3.00. The second-order valence-electron chi connectivity index (χ2n) is 11.9. The first-order valence-corrected chi connectivity index (χ1v) is 16.9. The van der Waals surface area contributed by atoms with Gasteiger partial charge in [-0.3, -0.25) is 0 Å². The van der Waals surface area contributed by atoms with Gasteiger partial charge in [-0.05, 0) is 95.9 Å². The fraction of sp³-hybridized carbons (Fsp3) is 0.553. The topological polar surface area (TPSA) is 74.2 Å². The van der Waals surface area contributed by atoms with Crippen LogP contribution in [0.3, 0.4) is 0 Å². The summed E-state index contributed by atoms with van der Waals surface area (Å²) in [6.07, 6.45) is 16.4. The van der Waals surface area contributed by atoms with E-state index in [0.717, 1.165) is 42.8 Å². The number of thiol groups is 1. The molecule has 0 amide bonds. The summed E-state index contributed by atoms with van der Waals surface area (Å²) < 4.78 is 23.6. The van der Waals surface area contributed by atoms with Gasteiger partial charge < -0.3 is 24.1 Å². The molecular formula is C38H60O6S. The van der Waals surface area contributed by atoms with Crippen LogP contribution in [0, 0.1) is 0 Å². The third-order valence-electron chi connectivity index (χ3n) is 7.03. The van der Waals surface area contributed by atoms with Crippen molar-refractivity contribution in [3.05, 3.63) is 90.3 Å². The number of hydrogen-bond acceptors (Lipinski definition) is 7. The molecule has 0 spiro atoms. The predicted octanol–water partition coefficient (Wildman–Crippen LogP) is 9.46. The lowest BCUT2D eigenvalue weighted by Crippen LogP contribution is -2.35. The Kier molecular flexibility index (Phi) is 22.1. The van der Waals surface area contributed by atoms with Gasteiger partial charge in [0.15, 0.2) is 0 Å². The van der Waals surface area contributed by atoms with E-state index in [-0.39, 0.29) is 42.6 Å². The third-order valence-corrected chi connectivity index (χ3v) is 7.03. The molecular weight excluding hydrogens is 584 g/mol. The molecule has 1 fully saturated rings. The van der Waals surface area contributed by atoms with E-state index < -0.39 is 0 Å². The van der Waals surface area contributed by atoms with Crippen LogP contribution < -0.4 is 4.74 Å². The van der Waals surface area contributed by atoms with Gasteiger partial charge in [-0.25, -0.2) is 4.79 Å². The summed E-state index contributed by atoms with van der Waals surface area (Å²) in [5.74, 6) is 1.13. The van der Waals surface area contributed by atoms with Gasteiger partial charge in [0.25, 0.3) is 0 Å². The average molecular weight is 645 g/mol. The fourth-order valence-electron chi connectivity index (χ4n) is 4.66. The van der Waals surface area contributed by atoms with Crippen LogP contribution in [0.15, 0.2) is 84.7 Å². The van der Waals surface area contributed by atoms with Crippen molar-refractivity contribution in [3.8, 4) is 5.75 Å². The molecule has 1 N–H and O–H groups in total. The zero-order valence-electron chi connectivity index (χ0n) is 29.3. The summed E-state index contributed by atoms with van der Waals surface area (Å²) in [6.45, 7) is 22.8. The van der Waals surface area contributed by atoms with E-state index in [2.05, 4.69) is 57.8 Å². The van der Waals surface area contributed by atoms with Crippen molar-refractivity contribution in [2.45, 2.75) is 124 Å². The minimum atomic E-state index is -0.387. The zero-order chi connectivity index (χ0) is 34.4. The number of hydrogen-bond donors (Lipinski definition) is 2. The Labute approximate surface area is 279 Å². The maximum atomic E-state index is 12.0. The van der Waals surface area contributed by atoms with E-state index in [1.165, 1.54) is 5.57 Å². The molecule has 1 aromatic carbocycles. The van der Waals surface area contributed by atoms with Crippen LogP contribution in [0.1, 0.15) is 99.5 Å². The summed E-state index contributed by atoms with van der Waals surface area (Å²) >= 11 is 3.53. The molecule has 45 heavy (non-hydrogen) atoms. The van der Waals surface area contributed by atoms with Crippen molar-refractivity contribution in [1.29, 1.82) is 0 Å². The molecule has 1 aliphatic carbocycles. The molecule has 1 aromatic rings. The van der Waals surface area contributed by atoms with Crippen LogP contribution in [-0.4, -0.2) is 48.5 Å². The first-order chi connectivity index (χ1) is 21.4. The summed E-state index contributed by atoms with van der Waals surface area (Å²) in [5.41, 5.74) is 2.47. The lowest BCUT2D eigenvalue weighted by Gasteiger charge is -2.31. The van der Waals surface area contributed by atoms with E-state index in [0.29, 0.717) is 18.4 Å². The Morgan fingerprint density at radius 1 is 1.02 bits per heavy atom. The minimum Gasteiger partial charge on any atom is -0.488 e. The molecule has 4 unspecified atom stereocenters. The van der Waals surface area contributed by atoms with Gasteiger partial charge in [0.2, 0.25) is 0 Å². The van der Waals surface area contributed by atoms with Crippen molar-refractivity contribution < 1.29 is 28.8 Å². The monoisotopic (exact) mass is 644 g/mol. The van der Waals surface area contributed by atoms with E-state index in [1.54, 1.807) is 13.2 Å². The fourth-order valence-corrected chi connectivity index (χ4v) is 4.66. The standard InChI is InChI=1S/C33H48O6.C4H8.CH4S/c1-8-14-26(38-31-17-12-11-16-30(31)36-23-34)15-13-22-33(6,7)25-18-20-27(21-19-25)37-28(9-2)29(10-3)39-32(35)24(4)5;1-4(2)3;1-2/h8,13-15,18-22,28-31,34H,4,9-12,16-17,23H2,1-3,5-7H3;1H2,2-3H3;2H,1H3/b14-8-,22-13?,26-15+;;. The van der Waals surface area contributed by atoms with Crippen LogP contribution >= 0.6 is 12.6 Å². The highest BCUT2D eigenvalue weighted by atomic mass is 32.1. The van der Waals surface area contributed by atoms with E-state index in [9.17, 15) is 9.90 Å². The highest BCUT2D eigenvalue weighted by Crippen LogP contribution is 2.29. The first-order valence-electron chi connectivity index (χ1n) is 16.0. The van der Waals surface area contributed by atoms with E-state index in [1.807, 2.05) is 71.1 Å². The van der Waals surface area contributed by atoms with Crippen molar-refractivity contribution in [2.24, 2.45) is 0 Å². The molecule has 0 bridgehead atoms. The number of esters is 1. The molecule has 254 valence electrons. The normalized spacial score (nSPS) is 18.2. The second-order valence-corrected chi connectivity index (χ2v) is 11.9. The van der Waals surface area contributed by atoms with E-state index in [4.69, 9.17) is 18.9 Å². The quantitative estimate of drug-likeness (QED) is 0.0377. The van der Waals surface area contributed by atoms with Crippen molar-refractivity contribution in [3.63, 3.8) is 0 Å². The van der Waals surface area contributed by atoms with Gasteiger partial charge in [0, 0.05) is 11.0 Å². The minimum absolute atomic E-state index is 0.0640. The van der Waals surface area contributed by atoms with Crippen LogP contribution in [-0.2, 0) is 24.4 Å². The molecule has 0 aliphatic heterocycles. The molecule has 1 saturated carbocycles. The number of ether oxygens (including phenoxy) is 4. The van der Waals surface area contributed by atoms with Crippen molar-refractivity contribution in [2.75, 3.05) is 13.0 Å². The first kappa shape index (κ1) is 42.3. The van der Waals surface area contributed by atoms with Crippen molar-refractivity contribution >= 4 is 18.6 Å². The highest BCUT2D eigenvalue weighted by Gasteiger charge is 2.28. The number of carbonyl (C=O) groups is 1. The third kappa shape index (κ3) is 16.9. The van der Waals surface area contributed by atoms with Crippen LogP contribution in [0.5, 0.6) is 5.75 Å². The predicted molar refractivity (Wildman–Crippen MR) is 192 cm³/mol. The smallest absolute Gasteiger partial charge is 0.333 e. The Morgan fingerprint density at radius 3 is 2.07 bits per heavy atom. The zero-order valence-corrected chi connectivity index (χ0v) is 30.2. The maximum absolute atomic E-state index is 12.0. The molecule has 1 aliphatic rings. The number of rotatable bonds is 15.